The maximum Gasteiger partial charge on any atom is 0.307 e. The summed E-state index contributed by atoms with van der Waals surface area (Å²) in [5, 5.41) is 8.96. The average molecular weight is 277 g/mol. The van der Waals surface area contributed by atoms with Crippen molar-refractivity contribution in [3.8, 4) is 0 Å². The molecule has 0 aromatic carbocycles. The number of hydrogen-bond donors (Lipinski definition) is 1. The number of aliphatic carboxylic acids is 1. The second-order valence-corrected chi connectivity index (χ2v) is 6.96. The molecule has 0 radical (unpaired) electrons. The standard InChI is InChI=1S/C11H19NO5S/c13-11(14)9-3-1-5-12(7-9)18(15,16)8-10-4-2-6-17-10/h9-10H,1-8H2,(H,13,14)/t9-,10?/m0/s1. The van der Waals surface area contributed by atoms with Gasteiger partial charge in [0.15, 0.2) is 0 Å². The van der Waals surface area contributed by atoms with E-state index in [-0.39, 0.29) is 18.4 Å². The van der Waals surface area contributed by atoms with Crippen LogP contribution in [0.5, 0.6) is 0 Å². The van der Waals surface area contributed by atoms with E-state index in [1.165, 1.54) is 4.31 Å². The Balaban J connectivity index is 1.97. The molecule has 1 N–H and O–H groups in total. The predicted molar refractivity (Wildman–Crippen MR) is 64.7 cm³/mol. The van der Waals surface area contributed by atoms with Crippen molar-refractivity contribution in [1.29, 1.82) is 0 Å². The van der Waals surface area contributed by atoms with Crippen molar-refractivity contribution in [3.05, 3.63) is 0 Å². The SMILES string of the molecule is O=C(O)[C@H]1CCCN(S(=O)(=O)CC2CCCO2)C1. The lowest BCUT2D eigenvalue weighted by Crippen LogP contribution is -2.44. The molecule has 7 heteroatoms. The molecule has 0 bridgehead atoms. The largest absolute Gasteiger partial charge is 0.481 e. The number of carbonyl (C=O) groups is 1. The van der Waals surface area contributed by atoms with Crippen molar-refractivity contribution >= 4 is 16.0 Å². The number of carboxylic acid groups (broad SMARTS) is 1. The molecular formula is C11H19NO5S. The first-order valence-electron chi connectivity index (χ1n) is 6.31. The Morgan fingerprint density at radius 2 is 2.11 bits per heavy atom. The minimum atomic E-state index is -3.39. The first-order valence-corrected chi connectivity index (χ1v) is 7.92. The highest BCUT2D eigenvalue weighted by Crippen LogP contribution is 2.22. The van der Waals surface area contributed by atoms with Crippen LogP contribution in [0.2, 0.25) is 0 Å². The Kier molecular flexibility index (Phi) is 4.24. The van der Waals surface area contributed by atoms with Crippen molar-refractivity contribution in [2.24, 2.45) is 5.92 Å². The number of piperidine rings is 1. The summed E-state index contributed by atoms with van der Waals surface area (Å²) in [5.74, 6) is -1.50. The molecule has 2 aliphatic heterocycles. The quantitative estimate of drug-likeness (QED) is 0.798. The monoisotopic (exact) mass is 277 g/mol. The van der Waals surface area contributed by atoms with Gasteiger partial charge in [0, 0.05) is 19.7 Å². The Hall–Kier alpha value is -0.660. The molecule has 0 amide bonds. The molecule has 0 aromatic rings. The zero-order valence-corrected chi connectivity index (χ0v) is 11.1. The van der Waals surface area contributed by atoms with Gasteiger partial charge in [-0.2, -0.15) is 0 Å². The summed E-state index contributed by atoms with van der Waals surface area (Å²) in [6.07, 6.45) is 2.62. The fourth-order valence-corrected chi connectivity index (χ4v) is 4.27. The Bertz CT molecular complexity index is 402. The van der Waals surface area contributed by atoms with Gasteiger partial charge in [0.05, 0.1) is 17.8 Å². The molecule has 6 nitrogen and oxygen atoms in total. The predicted octanol–water partition coefficient (Wildman–Crippen LogP) is 0.292. The van der Waals surface area contributed by atoms with Crippen LogP contribution in [0.1, 0.15) is 25.7 Å². The molecule has 0 saturated carbocycles. The Labute approximate surface area is 107 Å². The summed E-state index contributed by atoms with van der Waals surface area (Å²) < 4.78 is 31.0. The first-order chi connectivity index (χ1) is 8.49. The molecule has 2 fully saturated rings. The topological polar surface area (TPSA) is 83.9 Å². The molecule has 0 aliphatic carbocycles. The van der Waals surface area contributed by atoms with Crippen LogP contribution in [0.4, 0.5) is 0 Å². The van der Waals surface area contributed by atoms with E-state index in [4.69, 9.17) is 9.84 Å². The molecule has 2 aliphatic rings. The molecule has 2 rings (SSSR count). The summed E-state index contributed by atoms with van der Waals surface area (Å²) in [5.41, 5.74) is 0. The van der Waals surface area contributed by atoms with Gasteiger partial charge >= 0.3 is 5.97 Å². The van der Waals surface area contributed by atoms with Crippen LogP contribution >= 0.6 is 0 Å². The smallest absolute Gasteiger partial charge is 0.307 e. The van der Waals surface area contributed by atoms with Gasteiger partial charge in [0.2, 0.25) is 10.0 Å². The van der Waals surface area contributed by atoms with E-state index in [0.717, 1.165) is 12.8 Å². The number of ether oxygens (including phenoxy) is 1. The zero-order valence-electron chi connectivity index (χ0n) is 10.2. The van der Waals surface area contributed by atoms with Gasteiger partial charge in [0.1, 0.15) is 0 Å². The second-order valence-electron chi connectivity index (χ2n) is 4.95. The summed E-state index contributed by atoms with van der Waals surface area (Å²) in [6.45, 7) is 1.15. The highest BCUT2D eigenvalue weighted by molar-refractivity contribution is 7.89. The van der Waals surface area contributed by atoms with Gasteiger partial charge in [-0.25, -0.2) is 12.7 Å². The molecule has 0 aromatic heterocycles. The van der Waals surface area contributed by atoms with Crippen molar-refractivity contribution in [2.45, 2.75) is 31.8 Å². The van der Waals surface area contributed by atoms with Crippen LogP contribution in [0.15, 0.2) is 0 Å². The maximum atomic E-state index is 12.2. The van der Waals surface area contributed by atoms with E-state index in [9.17, 15) is 13.2 Å². The lowest BCUT2D eigenvalue weighted by molar-refractivity contribution is -0.142. The minimum absolute atomic E-state index is 0.0145. The van der Waals surface area contributed by atoms with E-state index in [0.29, 0.717) is 26.0 Å². The number of hydrogen-bond acceptors (Lipinski definition) is 4. The minimum Gasteiger partial charge on any atom is -0.481 e. The molecule has 18 heavy (non-hydrogen) atoms. The van der Waals surface area contributed by atoms with Gasteiger partial charge in [-0.05, 0) is 25.7 Å². The van der Waals surface area contributed by atoms with Gasteiger partial charge in [-0.15, -0.1) is 0 Å². The van der Waals surface area contributed by atoms with Crippen LogP contribution in [-0.4, -0.2) is 55.4 Å². The van der Waals surface area contributed by atoms with E-state index >= 15 is 0 Å². The third kappa shape index (κ3) is 3.21. The van der Waals surface area contributed by atoms with Gasteiger partial charge < -0.3 is 9.84 Å². The molecule has 2 heterocycles. The van der Waals surface area contributed by atoms with E-state index in [1.807, 2.05) is 0 Å². The number of carboxylic acids is 1. The van der Waals surface area contributed by atoms with Crippen LogP contribution < -0.4 is 0 Å². The lowest BCUT2D eigenvalue weighted by Gasteiger charge is -2.30. The second kappa shape index (κ2) is 5.54. The van der Waals surface area contributed by atoms with E-state index in [1.54, 1.807) is 0 Å². The van der Waals surface area contributed by atoms with Gasteiger partial charge in [0.25, 0.3) is 0 Å². The summed E-state index contributed by atoms with van der Waals surface area (Å²) >= 11 is 0. The normalized spacial score (nSPS) is 30.4. The Morgan fingerprint density at radius 3 is 2.72 bits per heavy atom. The van der Waals surface area contributed by atoms with Crippen LogP contribution in [0, 0.1) is 5.92 Å². The lowest BCUT2D eigenvalue weighted by atomic mass is 10.0. The molecule has 104 valence electrons. The summed E-state index contributed by atoms with van der Waals surface area (Å²) in [4.78, 5) is 10.9. The number of nitrogens with zero attached hydrogens (tertiary/aromatic N) is 1. The molecule has 1 unspecified atom stereocenters. The van der Waals surface area contributed by atoms with Crippen molar-refractivity contribution in [1.82, 2.24) is 4.31 Å². The highest BCUT2D eigenvalue weighted by Gasteiger charge is 2.34. The summed E-state index contributed by atoms with van der Waals surface area (Å²) in [6, 6.07) is 0. The van der Waals surface area contributed by atoms with Crippen molar-refractivity contribution in [3.63, 3.8) is 0 Å². The van der Waals surface area contributed by atoms with E-state index in [2.05, 4.69) is 0 Å². The van der Waals surface area contributed by atoms with Gasteiger partial charge in [-0.1, -0.05) is 0 Å². The summed E-state index contributed by atoms with van der Waals surface area (Å²) in [7, 11) is -3.39. The van der Waals surface area contributed by atoms with Crippen LogP contribution in [0.3, 0.4) is 0 Å². The molecular weight excluding hydrogens is 258 g/mol. The van der Waals surface area contributed by atoms with Crippen LogP contribution in [0.25, 0.3) is 0 Å². The fourth-order valence-electron chi connectivity index (χ4n) is 2.51. The van der Waals surface area contributed by atoms with E-state index < -0.39 is 21.9 Å². The molecule has 2 atom stereocenters. The average Bonchev–Trinajstić information content (AvgIpc) is 2.81. The van der Waals surface area contributed by atoms with Crippen molar-refractivity contribution < 1.29 is 23.1 Å². The molecule has 2 saturated heterocycles. The number of rotatable bonds is 4. The fraction of sp³-hybridized carbons (Fsp3) is 0.909. The number of sulfonamides is 1. The maximum absolute atomic E-state index is 12.2. The van der Waals surface area contributed by atoms with Crippen molar-refractivity contribution in [2.75, 3.05) is 25.4 Å². The third-order valence-corrected chi connectivity index (χ3v) is 5.46. The zero-order chi connectivity index (χ0) is 13.2. The first kappa shape index (κ1) is 13.8. The van der Waals surface area contributed by atoms with Crippen LogP contribution in [-0.2, 0) is 19.6 Å². The molecule has 0 spiro atoms. The Morgan fingerprint density at radius 1 is 1.33 bits per heavy atom. The highest BCUT2D eigenvalue weighted by atomic mass is 32.2. The third-order valence-electron chi connectivity index (χ3n) is 3.55. The van der Waals surface area contributed by atoms with Gasteiger partial charge in [-0.3, -0.25) is 4.79 Å².